The lowest BCUT2D eigenvalue weighted by molar-refractivity contribution is 0.112. The summed E-state index contributed by atoms with van der Waals surface area (Å²) in [5, 5.41) is -0.0339. The number of hydrogen-bond donors (Lipinski definition) is 1. The molecule has 0 unspecified atom stereocenters. The maximum atomic E-state index is 12.2. The predicted molar refractivity (Wildman–Crippen MR) is 75.3 cm³/mol. The molecule has 106 valence electrons. The molecule has 0 atom stereocenters. The molecule has 0 saturated heterocycles. The van der Waals surface area contributed by atoms with Crippen LogP contribution >= 0.6 is 0 Å². The summed E-state index contributed by atoms with van der Waals surface area (Å²) in [4.78, 5) is 14.7. The first kappa shape index (κ1) is 14.3. The highest BCUT2D eigenvalue weighted by Crippen LogP contribution is 2.16. The van der Waals surface area contributed by atoms with Crippen molar-refractivity contribution in [2.75, 3.05) is 4.72 Å². The molecule has 1 heterocycles. The second-order valence-corrected chi connectivity index (χ2v) is 5.89. The average Bonchev–Trinajstić information content (AvgIpc) is 2.80. The number of carbonyl (C=O) groups excluding carboxylic acids is 1. The van der Waals surface area contributed by atoms with E-state index in [0.717, 1.165) is 0 Å². The van der Waals surface area contributed by atoms with Crippen LogP contribution in [0.15, 0.2) is 35.5 Å². The number of anilines is 1. The van der Waals surface area contributed by atoms with E-state index in [9.17, 15) is 13.2 Å². The zero-order chi connectivity index (χ0) is 14.8. The number of nitrogens with one attached hydrogen (secondary N) is 1. The molecule has 0 aliphatic carbocycles. The molecule has 0 spiro atoms. The number of nitrogens with zero attached hydrogens (tertiary/aromatic N) is 2. The molecule has 0 radical (unpaired) electrons. The van der Waals surface area contributed by atoms with Gasteiger partial charge in [0.1, 0.15) is 12.1 Å². The van der Waals surface area contributed by atoms with Gasteiger partial charge in [-0.15, -0.1) is 0 Å². The summed E-state index contributed by atoms with van der Waals surface area (Å²) in [6.45, 7) is 4.30. The quantitative estimate of drug-likeness (QED) is 0.853. The lowest BCUT2D eigenvalue weighted by Gasteiger charge is -2.05. The van der Waals surface area contributed by atoms with Gasteiger partial charge in [0.05, 0.1) is 0 Å². The first-order chi connectivity index (χ1) is 9.46. The van der Waals surface area contributed by atoms with Gasteiger partial charge in [-0.2, -0.15) is 8.42 Å². The Kier molecular flexibility index (Phi) is 3.89. The molecule has 6 nitrogen and oxygen atoms in total. The monoisotopic (exact) mass is 293 g/mol. The van der Waals surface area contributed by atoms with Crippen LogP contribution in [0, 0.1) is 6.92 Å². The Morgan fingerprint density at radius 1 is 1.40 bits per heavy atom. The zero-order valence-electron chi connectivity index (χ0n) is 11.2. The van der Waals surface area contributed by atoms with E-state index in [1.807, 2.05) is 6.92 Å². The number of benzene rings is 1. The number of aldehydes is 1. The SMILES string of the molecule is CCn1cc(S(=O)(=O)Nc2cccc(C=O)c2)nc1C. The van der Waals surface area contributed by atoms with Crippen molar-refractivity contribution in [3.8, 4) is 0 Å². The minimum Gasteiger partial charge on any atom is -0.334 e. The third-order valence-electron chi connectivity index (χ3n) is 2.84. The maximum absolute atomic E-state index is 12.2. The molecule has 2 aromatic rings. The van der Waals surface area contributed by atoms with Gasteiger partial charge in [0.2, 0.25) is 0 Å². The van der Waals surface area contributed by atoms with E-state index < -0.39 is 10.0 Å². The number of sulfonamides is 1. The third-order valence-corrected chi connectivity index (χ3v) is 4.10. The Balaban J connectivity index is 2.32. The molecular formula is C13H15N3O3S. The van der Waals surface area contributed by atoms with Crippen LogP contribution in [0.25, 0.3) is 0 Å². The number of hydrogen-bond acceptors (Lipinski definition) is 4. The number of carbonyl (C=O) groups is 1. The third kappa shape index (κ3) is 2.88. The first-order valence-corrected chi connectivity index (χ1v) is 7.56. The van der Waals surface area contributed by atoms with E-state index in [-0.39, 0.29) is 5.03 Å². The smallest absolute Gasteiger partial charge is 0.280 e. The number of imidazole rings is 1. The van der Waals surface area contributed by atoms with Gasteiger partial charge in [0.15, 0.2) is 5.03 Å². The largest absolute Gasteiger partial charge is 0.334 e. The molecule has 7 heteroatoms. The van der Waals surface area contributed by atoms with Crippen molar-refractivity contribution in [1.29, 1.82) is 0 Å². The molecule has 1 aromatic carbocycles. The summed E-state index contributed by atoms with van der Waals surface area (Å²) in [5.41, 5.74) is 0.735. The van der Waals surface area contributed by atoms with Crippen LogP contribution < -0.4 is 4.72 Å². The normalized spacial score (nSPS) is 11.3. The van der Waals surface area contributed by atoms with E-state index in [0.29, 0.717) is 29.9 Å². The molecular weight excluding hydrogens is 278 g/mol. The molecule has 1 aromatic heterocycles. The van der Waals surface area contributed by atoms with Crippen LogP contribution in [-0.2, 0) is 16.6 Å². The predicted octanol–water partition coefficient (Wildman–Crippen LogP) is 1.82. The molecule has 0 fully saturated rings. The van der Waals surface area contributed by atoms with Crippen LogP contribution in [0.5, 0.6) is 0 Å². The van der Waals surface area contributed by atoms with Crippen LogP contribution in [0.1, 0.15) is 23.1 Å². The molecule has 0 bridgehead atoms. The van der Waals surface area contributed by atoms with Crippen molar-refractivity contribution in [1.82, 2.24) is 9.55 Å². The lowest BCUT2D eigenvalue weighted by Crippen LogP contribution is -2.13. The van der Waals surface area contributed by atoms with E-state index >= 15 is 0 Å². The zero-order valence-corrected chi connectivity index (χ0v) is 12.0. The summed E-state index contributed by atoms with van der Waals surface area (Å²) in [7, 11) is -3.75. The summed E-state index contributed by atoms with van der Waals surface area (Å²) in [6, 6.07) is 6.25. The van der Waals surface area contributed by atoms with E-state index in [2.05, 4.69) is 9.71 Å². The standard InChI is InChI=1S/C13H15N3O3S/c1-3-16-8-13(14-10(16)2)20(18,19)15-12-6-4-5-11(7-12)9-17/h4-9,15H,3H2,1-2H3. The van der Waals surface area contributed by atoms with Gasteiger partial charge in [0.25, 0.3) is 10.0 Å². The minimum atomic E-state index is -3.75. The minimum absolute atomic E-state index is 0.0339. The van der Waals surface area contributed by atoms with Gasteiger partial charge in [-0.25, -0.2) is 4.98 Å². The van der Waals surface area contributed by atoms with Gasteiger partial charge in [-0.3, -0.25) is 9.52 Å². The van der Waals surface area contributed by atoms with Crippen LogP contribution in [0.3, 0.4) is 0 Å². The van der Waals surface area contributed by atoms with Crippen molar-refractivity contribution in [3.05, 3.63) is 41.9 Å². The second-order valence-electron chi connectivity index (χ2n) is 4.26. The molecule has 0 aliphatic heterocycles. The summed E-state index contributed by atoms with van der Waals surface area (Å²) >= 11 is 0. The summed E-state index contributed by atoms with van der Waals surface area (Å²) in [5.74, 6) is 0.634. The summed E-state index contributed by atoms with van der Waals surface area (Å²) in [6.07, 6.45) is 2.15. The van der Waals surface area contributed by atoms with Crippen molar-refractivity contribution >= 4 is 22.0 Å². The van der Waals surface area contributed by atoms with Gasteiger partial charge in [0, 0.05) is 24.0 Å². The van der Waals surface area contributed by atoms with Crippen molar-refractivity contribution in [3.63, 3.8) is 0 Å². The highest BCUT2D eigenvalue weighted by Gasteiger charge is 2.19. The Bertz CT molecular complexity index is 735. The van der Waals surface area contributed by atoms with Crippen molar-refractivity contribution < 1.29 is 13.2 Å². The Hall–Kier alpha value is -2.15. The van der Waals surface area contributed by atoms with Crippen LogP contribution in [0.2, 0.25) is 0 Å². The van der Waals surface area contributed by atoms with Gasteiger partial charge >= 0.3 is 0 Å². The molecule has 2 rings (SSSR count). The van der Waals surface area contributed by atoms with Gasteiger partial charge in [-0.1, -0.05) is 12.1 Å². The summed E-state index contributed by atoms with van der Waals surface area (Å²) < 4.78 is 28.6. The average molecular weight is 293 g/mol. The maximum Gasteiger partial charge on any atom is 0.280 e. The van der Waals surface area contributed by atoms with Crippen molar-refractivity contribution in [2.45, 2.75) is 25.4 Å². The fraction of sp³-hybridized carbons (Fsp3) is 0.231. The van der Waals surface area contributed by atoms with Crippen LogP contribution in [0.4, 0.5) is 5.69 Å². The fourth-order valence-electron chi connectivity index (χ4n) is 1.81. The number of aromatic nitrogens is 2. The Morgan fingerprint density at radius 2 is 2.15 bits per heavy atom. The molecule has 20 heavy (non-hydrogen) atoms. The van der Waals surface area contributed by atoms with E-state index in [1.54, 1.807) is 29.7 Å². The first-order valence-electron chi connectivity index (χ1n) is 6.08. The molecule has 1 N–H and O–H groups in total. The molecule has 0 saturated carbocycles. The number of aryl methyl sites for hydroxylation is 2. The lowest BCUT2D eigenvalue weighted by atomic mass is 10.2. The molecule has 0 aliphatic rings. The van der Waals surface area contributed by atoms with E-state index in [1.165, 1.54) is 12.3 Å². The van der Waals surface area contributed by atoms with Gasteiger partial charge < -0.3 is 4.57 Å². The van der Waals surface area contributed by atoms with Gasteiger partial charge in [-0.05, 0) is 26.0 Å². The Morgan fingerprint density at radius 3 is 2.75 bits per heavy atom. The molecule has 0 amide bonds. The van der Waals surface area contributed by atoms with E-state index in [4.69, 9.17) is 0 Å². The Labute approximate surface area is 117 Å². The highest BCUT2D eigenvalue weighted by molar-refractivity contribution is 7.92. The highest BCUT2D eigenvalue weighted by atomic mass is 32.2. The van der Waals surface area contributed by atoms with Crippen molar-refractivity contribution in [2.24, 2.45) is 0 Å². The number of rotatable bonds is 5. The second kappa shape index (κ2) is 5.46. The van der Waals surface area contributed by atoms with Crippen LogP contribution in [-0.4, -0.2) is 24.3 Å². The fourth-order valence-corrected chi connectivity index (χ4v) is 2.87. The topological polar surface area (TPSA) is 81.1 Å².